The predicted octanol–water partition coefficient (Wildman–Crippen LogP) is 7.00. The molecule has 1 saturated heterocycles. The summed E-state index contributed by atoms with van der Waals surface area (Å²) >= 11 is 17.5. The van der Waals surface area contributed by atoms with Gasteiger partial charge in [0.15, 0.2) is 16.6 Å². The number of nitrogens with one attached hydrogen (secondary N) is 2. The van der Waals surface area contributed by atoms with E-state index in [0.29, 0.717) is 50.7 Å². The van der Waals surface area contributed by atoms with Gasteiger partial charge in [-0.05, 0) is 72.9 Å². The number of oxazole rings is 1. The highest BCUT2D eigenvalue weighted by Gasteiger charge is 2.25. The molecule has 5 rings (SSSR count). The van der Waals surface area contributed by atoms with Crippen LogP contribution in [0, 0.1) is 16.0 Å². The third-order valence-electron chi connectivity index (χ3n) is 6.81. The minimum atomic E-state index is -0.536. The first-order chi connectivity index (χ1) is 19.2. The Balaban J connectivity index is 1.20. The van der Waals surface area contributed by atoms with E-state index in [9.17, 15) is 14.9 Å². The number of thiocarbonyl (C=S) groups is 1. The maximum Gasteiger partial charge on any atom is 0.293 e. The lowest BCUT2D eigenvalue weighted by Gasteiger charge is -2.31. The van der Waals surface area contributed by atoms with Crippen LogP contribution in [0.5, 0.6) is 0 Å². The fourth-order valence-corrected chi connectivity index (χ4v) is 5.36. The van der Waals surface area contributed by atoms with Crippen molar-refractivity contribution in [3.05, 3.63) is 91.8 Å². The van der Waals surface area contributed by atoms with Gasteiger partial charge >= 0.3 is 0 Å². The van der Waals surface area contributed by atoms with Gasteiger partial charge in [-0.3, -0.25) is 20.2 Å². The molecule has 3 aromatic carbocycles. The molecule has 206 valence electrons. The second-order valence-corrected chi connectivity index (χ2v) is 11.0. The van der Waals surface area contributed by atoms with Gasteiger partial charge in [-0.1, -0.05) is 42.3 Å². The van der Waals surface area contributed by atoms with E-state index >= 15 is 0 Å². The molecule has 1 aliphatic heterocycles. The number of hydrogen-bond acceptors (Lipinski definition) is 7. The number of piperidine rings is 1. The Morgan fingerprint density at radius 3 is 2.58 bits per heavy atom. The summed E-state index contributed by atoms with van der Waals surface area (Å²) < 4.78 is 5.78. The van der Waals surface area contributed by atoms with Crippen LogP contribution in [0.2, 0.25) is 10.0 Å². The monoisotopic (exact) mass is 597 g/mol. The van der Waals surface area contributed by atoms with Gasteiger partial charge in [0.25, 0.3) is 11.6 Å². The van der Waals surface area contributed by atoms with E-state index in [1.165, 1.54) is 6.07 Å². The zero-order valence-corrected chi connectivity index (χ0v) is 23.8. The van der Waals surface area contributed by atoms with Crippen LogP contribution in [0.4, 0.5) is 17.1 Å². The smallest absolute Gasteiger partial charge is 0.293 e. The van der Waals surface area contributed by atoms with Crippen LogP contribution in [-0.4, -0.2) is 34.0 Å². The van der Waals surface area contributed by atoms with Crippen LogP contribution in [0.15, 0.2) is 59.0 Å². The number of carbonyl (C=O) groups is 1. The van der Waals surface area contributed by atoms with Gasteiger partial charge in [0.1, 0.15) is 11.2 Å². The topological polar surface area (TPSA) is 114 Å². The number of nitro groups is 1. The molecule has 0 aliphatic carbocycles. The number of hydrogen-bond donors (Lipinski definition) is 2. The average Bonchev–Trinajstić information content (AvgIpc) is 3.32. The number of anilines is 2. The van der Waals surface area contributed by atoms with Gasteiger partial charge in [0.05, 0.1) is 9.95 Å². The van der Waals surface area contributed by atoms with Crippen LogP contribution < -0.4 is 15.5 Å². The van der Waals surface area contributed by atoms with E-state index in [1.807, 2.05) is 17.0 Å². The van der Waals surface area contributed by atoms with Gasteiger partial charge in [-0.25, -0.2) is 4.98 Å². The first-order valence-corrected chi connectivity index (χ1v) is 13.8. The number of rotatable bonds is 6. The molecule has 0 bridgehead atoms. The van der Waals surface area contributed by atoms with Crippen molar-refractivity contribution in [3.63, 3.8) is 0 Å². The van der Waals surface area contributed by atoms with Crippen molar-refractivity contribution in [1.82, 2.24) is 10.3 Å². The number of amides is 1. The van der Waals surface area contributed by atoms with Gasteiger partial charge in [0.2, 0.25) is 0 Å². The SMILES string of the molecule is CC1CCN(c2ccc(C(=O)NC(=S)Nc3ccc(Cc4nc5cc(Cl)cc(Cl)c5o4)cc3)cc2[N+](=O)[O-])CC1. The summed E-state index contributed by atoms with van der Waals surface area (Å²) in [6.07, 6.45) is 2.39. The number of benzene rings is 3. The molecular weight excluding hydrogens is 573 g/mol. The minimum Gasteiger partial charge on any atom is -0.439 e. The second-order valence-electron chi connectivity index (χ2n) is 9.76. The van der Waals surface area contributed by atoms with E-state index in [0.717, 1.165) is 31.5 Å². The van der Waals surface area contributed by atoms with Gasteiger partial charge in [-0.15, -0.1) is 0 Å². The molecule has 0 radical (unpaired) electrons. The molecule has 1 aliphatic rings. The lowest BCUT2D eigenvalue weighted by molar-refractivity contribution is -0.384. The summed E-state index contributed by atoms with van der Waals surface area (Å²) in [6.45, 7) is 3.68. The number of fused-ring (bicyclic) bond motifs is 1. The van der Waals surface area contributed by atoms with Crippen LogP contribution in [0.25, 0.3) is 11.1 Å². The molecule has 2 heterocycles. The van der Waals surface area contributed by atoms with Crippen molar-refractivity contribution in [3.8, 4) is 0 Å². The van der Waals surface area contributed by atoms with Gasteiger partial charge in [-0.2, -0.15) is 0 Å². The fraction of sp³-hybridized carbons (Fsp3) is 0.250. The summed E-state index contributed by atoms with van der Waals surface area (Å²) in [5, 5.41) is 18.3. The first-order valence-electron chi connectivity index (χ1n) is 12.7. The fourth-order valence-electron chi connectivity index (χ4n) is 4.63. The zero-order chi connectivity index (χ0) is 28.4. The Bertz CT molecular complexity index is 1600. The predicted molar refractivity (Wildman–Crippen MR) is 161 cm³/mol. The highest BCUT2D eigenvalue weighted by molar-refractivity contribution is 7.80. The number of nitrogens with zero attached hydrogens (tertiary/aromatic N) is 3. The summed E-state index contributed by atoms with van der Waals surface area (Å²) in [5.74, 6) is 0.557. The summed E-state index contributed by atoms with van der Waals surface area (Å²) in [7, 11) is 0. The molecule has 0 atom stereocenters. The highest BCUT2D eigenvalue weighted by Crippen LogP contribution is 2.32. The van der Waals surface area contributed by atoms with Crippen molar-refractivity contribution >= 4 is 74.6 Å². The Hall–Kier alpha value is -3.73. The van der Waals surface area contributed by atoms with E-state index < -0.39 is 10.8 Å². The number of aromatic nitrogens is 1. The molecular formula is C28H25Cl2N5O4S. The van der Waals surface area contributed by atoms with Crippen LogP contribution in [0.3, 0.4) is 0 Å². The molecule has 2 N–H and O–H groups in total. The van der Waals surface area contributed by atoms with Crippen molar-refractivity contribution in [2.45, 2.75) is 26.2 Å². The zero-order valence-electron chi connectivity index (χ0n) is 21.4. The third kappa shape index (κ3) is 6.35. The Labute approximate surface area is 245 Å². The van der Waals surface area contributed by atoms with Crippen molar-refractivity contribution in [1.29, 1.82) is 0 Å². The average molecular weight is 599 g/mol. The minimum absolute atomic E-state index is 0.0694. The molecule has 40 heavy (non-hydrogen) atoms. The largest absolute Gasteiger partial charge is 0.439 e. The molecule has 0 spiro atoms. The normalized spacial score (nSPS) is 13.8. The van der Waals surface area contributed by atoms with E-state index in [-0.39, 0.29) is 16.4 Å². The van der Waals surface area contributed by atoms with Gasteiger partial charge in [0, 0.05) is 41.9 Å². The van der Waals surface area contributed by atoms with Crippen molar-refractivity contribution in [2.75, 3.05) is 23.3 Å². The first kappa shape index (κ1) is 27.8. The molecule has 9 nitrogen and oxygen atoms in total. The van der Waals surface area contributed by atoms with E-state index in [2.05, 4.69) is 22.5 Å². The Morgan fingerprint density at radius 1 is 1.15 bits per heavy atom. The molecule has 4 aromatic rings. The van der Waals surface area contributed by atoms with Gasteiger partial charge < -0.3 is 14.6 Å². The van der Waals surface area contributed by atoms with Crippen LogP contribution >= 0.6 is 35.4 Å². The summed E-state index contributed by atoms with van der Waals surface area (Å²) in [4.78, 5) is 30.6. The maximum absolute atomic E-state index is 12.8. The molecule has 1 amide bonds. The van der Waals surface area contributed by atoms with Crippen molar-refractivity contribution in [2.24, 2.45) is 5.92 Å². The Kier molecular flexibility index (Phi) is 8.20. The molecule has 1 aromatic heterocycles. The van der Waals surface area contributed by atoms with Crippen LogP contribution in [0.1, 0.15) is 41.6 Å². The standard InChI is InChI=1S/C28H25Cl2N5O4S/c1-16-8-10-34(11-9-16)23-7-4-18(13-24(23)35(37)38)27(36)33-28(40)31-20-5-2-17(3-6-20)12-25-32-22-15-19(29)14-21(30)26(22)39-25/h2-7,13-16H,8-12H2,1H3,(H2,31,33,36,40). The lowest BCUT2D eigenvalue weighted by atomic mass is 9.98. The quantitative estimate of drug-likeness (QED) is 0.139. The number of halogens is 2. The lowest BCUT2D eigenvalue weighted by Crippen LogP contribution is -2.35. The maximum atomic E-state index is 12.8. The van der Waals surface area contributed by atoms with Crippen LogP contribution in [-0.2, 0) is 6.42 Å². The highest BCUT2D eigenvalue weighted by atomic mass is 35.5. The summed E-state index contributed by atoms with van der Waals surface area (Å²) in [6, 6.07) is 15.2. The van der Waals surface area contributed by atoms with E-state index in [1.54, 1.807) is 36.4 Å². The molecule has 0 unspecified atom stereocenters. The molecule has 1 fully saturated rings. The number of carbonyl (C=O) groups excluding carboxylic acids is 1. The molecule has 0 saturated carbocycles. The van der Waals surface area contributed by atoms with Crippen molar-refractivity contribution < 1.29 is 14.1 Å². The summed E-state index contributed by atoms with van der Waals surface area (Å²) in [5.41, 5.74) is 3.25. The number of nitro benzene ring substituents is 1. The second kappa shape index (κ2) is 11.8. The third-order valence-corrected chi connectivity index (χ3v) is 7.51. The van der Waals surface area contributed by atoms with E-state index in [4.69, 9.17) is 39.8 Å². The Morgan fingerprint density at radius 2 is 1.88 bits per heavy atom. The molecule has 12 heteroatoms.